The van der Waals surface area contributed by atoms with E-state index in [4.69, 9.17) is 9.47 Å². The zero-order chi connectivity index (χ0) is 20.6. The number of rotatable bonds is 4. The summed E-state index contributed by atoms with van der Waals surface area (Å²) < 4.78 is 12.6. The van der Waals surface area contributed by atoms with Crippen molar-refractivity contribution in [2.24, 2.45) is 5.92 Å². The molecule has 0 bridgehead atoms. The molecule has 0 radical (unpaired) electrons. The zero-order valence-corrected chi connectivity index (χ0v) is 17.8. The Balaban J connectivity index is 1.22. The summed E-state index contributed by atoms with van der Waals surface area (Å²) in [6, 6.07) is 5.91. The van der Waals surface area contributed by atoms with Gasteiger partial charge in [-0.2, -0.15) is 0 Å². The number of thiazole rings is 1. The van der Waals surface area contributed by atoms with Crippen LogP contribution in [0.15, 0.2) is 23.7 Å². The highest BCUT2D eigenvalue weighted by molar-refractivity contribution is 7.16. The van der Waals surface area contributed by atoms with E-state index < -0.39 is 5.60 Å². The molecule has 29 heavy (non-hydrogen) atoms. The Morgan fingerprint density at radius 1 is 1.28 bits per heavy atom. The fourth-order valence-electron chi connectivity index (χ4n) is 3.70. The minimum absolute atomic E-state index is 0.0151. The molecule has 0 spiro atoms. The molecule has 1 saturated heterocycles. The molecule has 1 saturated carbocycles. The molecule has 8 heteroatoms. The van der Waals surface area contributed by atoms with Gasteiger partial charge in [-0.1, -0.05) is 6.07 Å². The van der Waals surface area contributed by atoms with Gasteiger partial charge < -0.3 is 19.7 Å². The van der Waals surface area contributed by atoms with Crippen LogP contribution in [0.2, 0.25) is 0 Å². The summed E-state index contributed by atoms with van der Waals surface area (Å²) in [5.41, 5.74) is 2.19. The third-order valence-corrected chi connectivity index (χ3v) is 6.06. The second kappa shape index (κ2) is 7.82. The lowest BCUT2D eigenvalue weighted by atomic mass is 9.81. The number of hydrogen-bond donors (Lipinski definition) is 1. The number of likely N-dealkylation sites (tertiary alicyclic amines) is 1. The lowest BCUT2D eigenvalue weighted by Gasteiger charge is -2.35. The maximum Gasteiger partial charge on any atom is 0.410 e. The van der Waals surface area contributed by atoms with Crippen LogP contribution in [0.4, 0.5) is 4.79 Å². The Morgan fingerprint density at radius 2 is 2.07 bits per heavy atom. The van der Waals surface area contributed by atoms with Crippen molar-refractivity contribution in [2.75, 3.05) is 13.1 Å². The van der Waals surface area contributed by atoms with Crippen LogP contribution in [0.1, 0.15) is 40.0 Å². The molecule has 4 rings (SSSR count). The van der Waals surface area contributed by atoms with Gasteiger partial charge >= 0.3 is 6.09 Å². The number of carbonyl (C=O) groups is 2. The van der Waals surface area contributed by atoms with Gasteiger partial charge in [0.25, 0.3) is 0 Å². The van der Waals surface area contributed by atoms with Crippen LogP contribution >= 0.6 is 11.3 Å². The fourth-order valence-corrected chi connectivity index (χ4v) is 4.39. The molecule has 1 aromatic heterocycles. The number of aromatic nitrogens is 1. The molecule has 2 heterocycles. The Labute approximate surface area is 174 Å². The number of hydrogen-bond acceptors (Lipinski definition) is 6. The van der Waals surface area contributed by atoms with E-state index >= 15 is 0 Å². The van der Waals surface area contributed by atoms with Crippen LogP contribution < -0.4 is 10.1 Å². The van der Waals surface area contributed by atoms with E-state index in [1.165, 1.54) is 0 Å². The van der Waals surface area contributed by atoms with E-state index in [2.05, 4.69) is 10.3 Å². The van der Waals surface area contributed by atoms with Gasteiger partial charge in [-0.25, -0.2) is 9.78 Å². The molecule has 2 amide bonds. The molecule has 1 aromatic carbocycles. The molecule has 1 unspecified atom stereocenters. The predicted molar refractivity (Wildman–Crippen MR) is 111 cm³/mol. The van der Waals surface area contributed by atoms with Crippen LogP contribution in [0.5, 0.6) is 5.75 Å². The summed E-state index contributed by atoms with van der Waals surface area (Å²) in [4.78, 5) is 30.7. The predicted octanol–water partition coefficient (Wildman–Crippen LogP) is 3.58. The number of nitrogens with one attached hydrogen (secondary N) is 1. The Hall–Kier alpha value is -2.35. The standard InChI is InChI=1S/C21H27N3O4S/c1-21(2,3)28-20(26)24-8-7-14(11-24)23-19(25)13-9-15(10-13)27-16-5-4-6-17-18(16)22-12-29-17/h4-6,12-15H,7-11H2,1-3H3,(H,23,25). The SMILES string of the molecule is CC(C)(C)OC(=O)N1CCC(NC(=O)C2CC(Oc3cccc4scnc34)C2)C1. The van der Waals surface area contributed by atoms with Crippen LogP contribution in [-0.2, 0) is 9.53 Å². The normalized spacial score (nSPS) is 24.2. The second-order valence-electron chi connectivity index (χ2n) is 8.78. The lowest BCUT2D eigenvalue weighted by molar-refractivity contribution is -0.131. The molecular formula is C21H27N3O4S. The highest BCUT2D eigenvalue weighted by atomic mass is 32.1. The van der Waals surface area contributed by atoms with Gasteiger partial charge in [0, 0.05) is 25.0 Å². The Morgan fingerprint density at radius 3 is 2.83 bits per heavy atom. The highest BCUT2D eigenvalue weighted by Crippen LogP contribution is 2.35. The van der Waals surface area contributed by atoms with Crippen molar-refractivity contribution in [2.45, 2.75) is 57.8 Å². The van der Waals surface area contributed by atoms with Gasteiger partial charge in [0.2, 0.25) is 5.91 Å². The number of para-hydroxylation sites is 1. The number of amides is 2. The van der Waals surface area contributed by atoms with Crippen LogP contribution in [0.25, 0.3) is 10.2 Å². The number of carbonyl (C=O) groups excluding carboxylic acids is 2. The molecule has 2 fully saturated rings. The first-order chi connectivity index (χ1) is 13.8. The van der Waals surface area contributed by atoms with Crippen LogP contribution in [0, 0.1) is 5.92 Å². The number of fused-ring (bicyclic) bond motifs is 1. The minimum atomic E-state index is -0.512. The molecular weight excluding hydrogens is 390 g/mol. The van der Waals surface area contributed by atoms with E-state index in [0.717, 1.165) is 22.4 Å². The van der Waals surface area contributed by atoms with E-state index in [1.807, 2.05) is 44.5 Å². The maximum absolute atomic E-state index is 12.5. The van der Waals surface area contributed by atoms with Crippen molar-refractivity contribution < 1.29 is 19.1 Å². The van der Waals surface area contributed by atoms with Gasteiger partial charge in [-0.15, -0.1) is 11.3 Å². The Kier molecular flexibility index (Phi) is 5.38. The molecule has 2 aliphatic rings. The molecule has 7 nitrogen and oxygen atoms in total. The van der Waals surface area contributed by atoms with Crippen molar-refractivity contribution in [1.82, 2.24) is 15.2 Å². The van der Waals surface area contributed by atoms with Gasteiger partial charge in [-0.05, 0) is 52.2 Å². The van der Waals surface area contributed by atoms with Gasteiger partial charge in [0.1, 0.15) is 23.0 Å². The summed E-state index contributed by atoms with van der Waals surface area (Å²) in [5.74, 6) is 0.800. The van der Waals surface area contributed by atoms with Crippen LogP contribution in [0.3, 0.4) is 0 Å². The summed E-state index contributed by atoms with van der Waals surface area (Å²) in [5, 5.41) is 3.08. The topological polar surface area (TPSA) is 80.8 Å². The molecule has 1 aliphatic carbocycles. The van der Waals surface area contributed by atoms with Crippen molar-refractivity contribution in [3.05, 3.63) is 23.7 Å². The van der Waals surface area contributed by atoms with Gasteiger partial charge in [0.05, 0.1) is 10.2 Å². The monoisotopic (exact) mass is 417 g/mol. The zero-order valence-electron chi connectivity index (χ0n) is 17.0. The Bertz CT molecular complexity index is 901. The summed E-state index contributed by atoms with van der Waals surface area (Å²) in [6.45, 7) is 6.66. The first kappa shape index (κ1) is 19.9. The van der Waals surface area contributed by atoms with Crippen molar-refractivity contribution in [3.8, 4) is 5.75 Å². The number of nitrogens with zero attached hydrogens (tertiary/aromatic N) is 2. The summed E-state index contributed by atoms with van der Waals surface area (Å²) in [7, 11) is 0. The first-order valence-corrected chi connectivity index (χ1v) is 10.9. The number of ether oxygens (including phenoxy) is 2. The second-order valence-corrected chi connectivity index (χ2v) is 9.67. The summed E-state index contributed by atoms with van der Waals surface area (Å²) in [6.07, 6.45) is 1.88. The van der Waals surface area contributed by atoms with Gasteiger partial charge in [-0.3, -0.25) is 4.79 Å². The smallest absolute Gasteiger partial charge is 0.410 e. The lowest BCUT2D eigenvalue weighted by Crippen LogP contribution is -2.47. The number of benzene rings is 1. The van der Waals surface area contributed by atoms with Crippen molar-refractivity contribution in [1.29, 1.82) is 0 Å². The molecule has 156 valence electrons. The summed E-state index contributed by atoms with van der Waals surface area (Å²) >= 11 is 1.59. The van der Waals surface area contributed by atoms with E-state index in [9.17, 15) is 9.59 Å². The molecule has 1 atom stereocenters. The molecule has 2 aromatic rings. The maximum atomic E-state index is 12.5. The van der Waals surface area contributed by atoms with Crippen molar-refractivity contribution in [3.63, 3.8) is 0 Å². The largest absolute Gasteiger partial charge is 0.488 e. The third kappa shape index (κ3) is 4.63. The third-order valence-electron chi connectivity index (χ3n) is 5.27. The minimum Gasteiger partial charge on any atom is -0.488 e. The quantitative estimate of drug-likeness (QED) is 0.822. The van der Waals surface area contributed by atoms with Crippen LogP contribution in [-0.4, -0.2) is 52.7 Å². The fraction of sp³-hybridized carbons (Fsp3) is 0.571. The average Bonchev–Trinajstić information content (AvgIpc) is 3.25. The van der Waals surface area contributed by atoms with Gasteiger partial charge in [0.15, 0.2) is 0 Å². The van der Waals surface area contributed by atoms with E-state index in [1.54, 1.807) is 16.2 Å². The van der Waals surface area contributed by atoms with E-state index in [-0.39, 0.29) is 30.1 Å². The highest BCUT2D eigenvalue weighted by Gasteiger charge is 2.38. The average molecular weight is 418 g/mol. The molecule has 1 aliphatic heterocycles. The first-order valence-electron chi connectivity index (χ1n) is 10.1. The molecule has 1 N–H and O–H groups in total. The van der Waals surface area contributed by atoms with E-state index in [0.29, 0.717) is 25.9 Å². The van der Waals surface area contributed by atoms with Crippen molar-refractivity contribution >= 4 is 33.6 Å².